The third kappa shape index (κ3) is 2.10. The number of nitrogens with zero attached hydrogens (tertiary/aromatic N) is 1. The Morgan fingerprint density at radius 1 is 1.69 bits per heavy atom. The second-order valence-electron chi connectivity index (χ2n) is 4.39. The van der Waals surface area contributed by atoms with Crippen LogP contribution in [0.5, 0.6) is 0 Å². The number of hydrogen-bond acceptors (Lipinski definition) is 5. The zero-order chi connectivity index (χ0) is 11.8. The molecule has 16 heavy (non-hydrogen) atoms. The van der Waals surface area contributed by atoms with Crippen molar-refractivity contribution < 1.29 is 19.1 Å². The van der Waals surface area contributed by atoms with Crippen LogP contribution in [0.1, 0.15) is 23.0 Å². The Kier molecular flexibility index (Phi) is 2.73. The first-order valence-corrected chi connectivity index (χ1v) is 5.11. The van der Waals surface area contributed by atoms with Crippen molar-refractivity contribution in [1.29, 1.82) is 0 Å². The van der Waals surface area contributed by atoms with E-state index in [4.69, 9.17) is 4.42 Å². The van der Waals surface area contributed by atoms with Gasteiger partial charge in [-0.05, 0) is 13.0 Å². The molecule has 0 unspecified atom stereocenters. The molecule has 0 saturated carbocycles. The zero-order valence-corrected chi connectivity index (χ0v) is 9.40. The first kappa shape index (κ1) is 11.2. The normalized spacial score (nSPS) is 19.2. The van der Waals surface area contributed by atoms with Crippen LogP contribution in [0.4, 0.5) is 0 Å². The summed E-state index contributed by atoms with van der Waals surface area (Å²) >= 11 is 0. The molecular weight excluding hydrogens is 210 g/mol. The molecule has 0 atom stereocenters. The molecule has 2 rings (SSSR count). The Hall–Kier alpha value is -1.33. The van der Waals surface area contributed by atoms with Crippen molar-refractivity contribution in [2.24, 2.45) is 0 Å². The fourth-order valence-electron chi connectivity index (χ4n) is 1.99. The Labute approximate surface area is 93.6 Å². The van der Waals surface area contributed by atoms with E-state index in [2.05, 4.69) is 4.74 Å². The van der Waals surface area contributed by atoms with Crippen molar-refractivity contribution in [2.45, 2.75) is 19.1 Å². The Morgan fingerprint density at radius 3 is 2.94 bits per heavy atom. The summed E-state index contributed by atoms with van der Waals surface area (Å²) in [5.74, 6) is 0.193. The van der Waals surface area contributed by atoms with E-state index in [-0.39, 0.29) is 0 Å². The molecule has 0 aliphatic carbocycles. The van der Waals surface area contributed by atoms with E-state index in [1.165, 1.54) is 13.4 Å². The second-order valence-corrected chi connectivity index (χ2v) is 4.39. The average molecular weight is 225 g/mol. The van der Waals surface area contributed by atoms with Gasteiger partial charge in [-0.15, -0.1) is 0 Å². The van der Waals surface area contributed by atoms with Gasteiger partial charge in [-0.2, -0.15) is 0 Å². The Balaban J connectivity index is 2.00. The number of furan rings is 1. The highest BCUT2D eigenvalue weighted by atomic mass is 16.5. The van der Waals surface area contributed by atoms with E-state index in [1.54, 1.807) is 13.0 Å². The van der Waals surface area contributed by atoms with Crippen LogP contribution in [0.15, 0.2) is 16.7 Å². The third-order valence-corrected chi connectivity index (χ3v) is 2.65. The minimum absolute atomic E-state index is 0.393. The van der Waals surface area contributed by atoms with Crippen LogP contribution >= 0.6 is 0 Å². The number of carbonyl (C=O) groups excluding carboxylic acids is 1. The summed E-state index contributed by atoms with van der Waals surface area (Å²) in [4.78, 5) is 13.4. The lowest BCUT2D eigenvalue weighted by Crippen LogP contribution is -2.59. The molecule has 1 saturated heterocycles. The van der Waals surface area contributed by atoms with Gasteiger partial charge in [0.2, 0.25) is 0 Å². The molecule has 88 valence electrons. The molecule has 2 heterocycles. The molecule has 5 nitrogen and oxygen atoms in total. The highest BCUT2D eigenvalue weighted by molar-refractivity contribution is 5.90. The predicted octanol–water partition coefficient (Wildman–Crippen LogP) is 0.633. The van der Waals surface area contributed by atoms with Crippen LogP contribution in [-0.4, -0.2) is 41.8 Å². The summed E-state index contributed by atoms with van der Waals surface area (Å²) in [6, 6.07) is 1.60. The van der Waals surface area contributed by atoms with Gasteiger partial charge in [0, 0.05) is 13.1 Å². The standard InChI is InChI=1S/C11H15NO4/c1-11(14)6-12(7-11)5-9-8(3-4-16-9)10(13)15-2/h3-4,14H,5-7H2,1-2H3. The van der Waals surface area contributed by atoms with Gasteiger partial charge in [-0.3, -0.25) is 4.90 Å². The third-order valence-electron chi connectivity index (χ3n) is 2.65. The molecule has 1 N–H and O–H groups in total. The quantitative estimate of drug-likeness (QED) is 0.764. The highest BCUT2D eigenvalue weighted by Gasteiger charge is 2.37. The van der Waals surface area contributed by atoms with E-state index < -0.39 is 11.6 Å². The molecule has 1 aliphatic rings. The van der Waals surface area contributed by atoms with Gasteiger partial charge >= 0.3 is 5.97 Å². The van der Waals surface area contributed by atoms with Gasteiger partial charge in [0.05, 0.1) is 25.5 Å². The number of hydrogen-bond donors (Lipinski definition) is 1. The van der Waals surface area contributed by atoms with Crippen molar-refractivity contribution in [2.75, 3.05) is 20.2 Å². The van der Waals surface area contributed by atoms with Crippen LogP contribution in [0.25, 0.3) is 0 Å². The Morgan fingerprint density at radius 2 is 2.38 bits per heavy atom. The van der Waals surface area contributed by atoms with Crippen molar-refractivity contribution in [3.8, 4) is 0 Å². The molecule has 1 fully saturated rings. The number of β-amino-alcohol motifs (C(OH)–C–C–N with tert-alkyl or cyclic N) is 1. The summed E-state index contributed by atoms with van der Waals surface area (Å²) in [5.41, 5.74) is -0.160. The van der Waals surface area contributed by atoms with Crippen molar-refractivity contribution >= 4 is 5.97 Å². The molecule has 1 aromatic rings. The lowest BCUT2D eigenvalue weighted by atomic mass is 9.97. The molecule has 0 spiro atoms. The highest BCUT2D eigenvalue weighted by Crippen LogP contribution is 2.23. The first-order chi connectivity index (χ1) is 7.52. The number of methoxy groups -OCH3 is 1. The molecule has 5 heteroatoms. The van der Waals surface area contributed by atoms with Gasteiger partial charge in [-0.25, -0.2) is 4.79 Å². The van der Waals surface area contributed by atoms with Crippen LogP contribution in [-0.2, 0) is 11.3 Å². The number of esters is 1. The molecular formula is C11H15NO4. The topological polar surface area (TPSA) is 62.9 Å². The SMILES string of the molecule is COC(=O)c1ccoc1CN1CC(C)(O)C1. The average Bonchev–Trinajstić information content (AvgIpc) is 2.62. The maximum Gasteiger partial charge on any atom is 0.341 e. The molecule has 0 aromatic carbocycles. The van der Waals surface area contributed by atoms with Crippen molar-refractivity contribution in [3.63, 3.8) is 0 Å². The first-order valence-electron chi connectivity index (χ1n) is 5.11. The Bertz CT molecular complexity index is 388. The lowest BCUT2D eigenvalue weighted by molar-refractivity contribution is -0.0892. The number of carbonyl (C=O) groups is 1. The maximum absolute atomic E-state index is 11.4. The number of rotatable bonds is 3. The van der Waals surface area contributed by atoms with E-state index in [9.17, 15) is 9.90 Å². The summed E-state index contributed by atoms with van der Waals surface area (Å²) in [5, 5.41) is 9.57. The fraction of sp³-hybridized carbons (Fsp3) is 0.545. The van der Waals surface area contributed by atoms with Crippen LogP contribution < -0.4 is 0 Å². The second kappa shape index (κ2) is 3.92. The predicted molar refractivity (Wildman–Crippen MR) is 55.9 cm³/mol. The minimum Gasteiger partial charge on any atom is -0.467 e. The van der Waals surface area contributed by atoms with Gasteiger partial charge in [0.25, 0.3) is 0 Å². The van der Waals surface area contributed by atoms with Crippen LogP contribution in [0.2, 0.25) is 0 Å². The van der Waals surface area contributed by atoms with E-state index >= 15 is 0 Å². The van der Waals surface area contributed by atoms with Crippen molar-refractivity contribution in [1.82, 2.24) is 4.90 Å². The molecule has 1 aliphatic heterocycles. The monoisotopic (exact) mass is 225 g/mol. The molecule has 0 amide bonds. The van der Waals surface area contributed by atoms with Gasteiger partial charge in [0.15, 0.2) is 0 Å². The molecule has 0 bridgehead atoms. The fourth-order valence-corrected chi connectivity index (χ4v) is 1.99. The summed E-state index contributed by atoms with van der Waals surface area (Å²) in [7, 11) is 1.34. The lowest BCUT2D eigenvalue weighted by Gasteiger charge is -2.43. The van der Waals surface area contributed by atoms with Gasteiger partial charge in [-0.1, -0.05) is 0 Å². The summed E-state index contributed by atoms with van der Waals surface area (Å²) in [6.45, 7) is 3.49. The zero-order valence-electron chi connectivity index (χ0n) is 9.40. The van der Waals surface area contributed by atoms with E-state index in [1.807, 2.05) is 4.90 Å². The molecule has 0 radical (unpaired) electrons. The smallest absolute Gasteiger partial charge is 0.341 e. The number of ether oxygens (including phenoxy) is 1. The molecule has 1 aromatic heterocycles. The minimum atomic E-state index is -0.613. The van der Waals surface area contributed by atoms with Crippen LogP contribution in [0, 0.1) is 0 Å². The summed E-state index contributed by atoms with van der Waals surface area (Å²) < 4.78 is 9.88. The number of aliphatic hydroxyl groups is 1. The van der Waals surface area contributed by atoms with Gasteiger partial charge in [0.1, 0.15) is 11.3 Å². The largest absolute Gasteiger partial charge is 0.467 e. The summed E-state index contributed by atoms with van der Waals surface area (Å²) in [6.07, 6.45) is 1.47. The maximum atomic E-state index is 11.4. The number of likely N-dealkylation sites (tertiary alicyclic amines) is 1. The van der Waals surface area contributed by atoms with E-state index in [0.29, 0.717) is 31.0 Å². The van der Waals surface area contributed by atoms with Crippen molar-refractivity contribution in [3.05, 3.63) is 23.7 Å². The van der Waals surface area contributed by atoms with E-state index in [0.717, 1.165) is 0 Å². The van der Waals surface area contributed by atoms with Gasteiger partial charge < -0.3 is 14.3 Å². The van der Waals surface area contributed by atoms with Crippen LogP contribution in [0.3, 0.4) is 0 Å².